The fourth-order valence-electron chi connectivity index (χ4n) is 1.70. The van der Waals surface area contributed by atoms with Crippen LogP contribution in [0.25, 0.3) is 0 Å². The molecule has 0 aromatic heterocycles. The molecule has 0 saturated heterocycles. The zero-order valence-electron chi connectivity index (χ0n) is 11.3. The highest BCUT2D eigenvalue weighted by molar-refractivity contribution is 9.09. The average Bonchev–Trinajstić information content (AvgIpc) is 2.22. The highest BCUT2D eigenvalue weighted by Crippen LogP contribution is 2.15. The van der Waals surface area contributed by atoms with Gasteiger partial charge in [0.05, 0.1) is 0 Å². The fraction of sp³-hybridized carbons (Fsp3) is 1.00. The lowest BCUT2D eigenvalue weighted by Crippen LogP contribution is -2.04. The van der Waals surface area contributed by atoms with Crippen LogP contribution in [0.15, 0.2) is 0 Å². The Morgan fingerprint density at radius 2 is 1.62 bits per heavy atom. The molecule has 0 saturated carbocycles. The van der Waals surface area contributed by atoms with Crippen LogP contribution in [-0.4, -0.2) is 18.5 Å². The molecular weight excluding hydrogens is 264 g/mol. The van der Waals surface area contributed by atoms with Gasteiger partial charge in [-0.2, -0.15) is 0 Å². The van der Waals surface area contributed by atoms with E-state index in [1.807, 2.05) is 0 Å². The second kappa shape index (κ2) is 11.9. The first kappa shape index (κ1) is 16.4. The Morgan fingerprint density at radius 1 is 0.875 bits per heavy atom. The summed E-state index contributed by atoms with van der Waals surface area (Å²) in [6.45, 7) is 8.84. The summed E-state index contributed by atoms with van der Waals surface area (Å²) >= 11 is 3.43. The van der Waals surface area contributed by atoms with Gasteiger partial charge < -0.3 is 4.74 Å². The number of unbranched alkanes of at least 4 members (excludes halogenated alkanes) is 1. The second-order valence-corrected chi connectivity index (χ2v) is 6.02. The SMILES string of the molecule is CC(C)CCCC(C)CCOCCCCBr. The van der Waals surface area contributed by atoms with Crippen LogP contribution in [0.5, 0.6) is 0 Å². The van der Waals surface area contributed by atoms with Gasteiger partial charge in [-0.15, -0.1) is 0 Å². The molecule has 98 valence electrons. The van der Waals surface area contributed by atoms with Crippen molar-refractivity contribution in [3.05, 3.63) is 0 Å². The molecule has 0 N–H and O–H groups in total. The number of rotatable bonds is 11. The molecule has 0 aliphatic heterocycles. The molecule has 0 bridgehead atoms. The molecule has 16 heavy (non-hydrogen) atoms. The van der Waals surface area contributed by atoms with Crippen LogP contribution in [0.3, 0.4) is 0 Å². The van der Waals surface area contributed by atoms with Crippen LogP contribution in [0, 0.1) is 11.8 Å². The smallest absolute Gasteiger partial charge is 0.0468 e. The fourth-order valence-corrected chi connectivity index (χ4v) is 2.10. The van der Waals surface area contributed by atoms with Gasteiger partial charge >= 0.3 is 0 Å². The summed E-state index contributed by atoms with van der Waals surface area (Å²) in [6.07, 6.45) is 7.76. The summed E-state index contributed by atoms with van der Waals surface area (Å²) in [6, 6.07) is 0. The van der Waals surface area contributed by atoms with E-state index in [1.165, 1.54) is 38.5 Å². The third-order valence-corrected chi connectivity index (χ3v) is 3.47. The van der Waals surface area contributed by atoms with E-state index < -0.39 is 0 Å². The van der Waals surface area contributed by atoms with E-state index in [2.05, 4.69) is 36.7 Å². The number of hydrogen-bond acceptors (Lipinski definition) is 1. The van der Waals surface area contributed by atoms with Gasteiger partial charge in [0.2, 0.25) is 0 Å². The summed E-state index contributed by atoms with van der Waals surface area (Å²) in [5.74, 6) is 1.68. The van der Waals surface area contributed by atoms with Crippen molar-refractivity contribution in [2.45, 2.75) is 59.3 Å². The Labute approximate surface area is 110 Å². The summed E-state index contributed by atoms with van der Waals surface area (Å²) in [5, 5.41) is 1.10. The van der Waals surface area contributed by atoms with Crippen LogP contribution < -0.4 is 0 Å². The first-order valence-corrected chi connectivity index (χ1v) is 7.92. The average molecular weight is 293 g/mol. The van der Waals surface area contributed by atoms with Crippen molar-refractivity contribution in [2.75, 3.05) is 18.5 Å². The number of hydrogen-bond donors (Lipinski definition) is 0. The van der Waals surface area contributed by atoms with Crippen molar-refractivity contribution >= 4 is 15.9 Å². The molecule has 0 amide bonds. The highest BCUT2D eigenvalue weighted by atomic mass is 79.9. The van der Waals surface area contributed by atoms with Crippen LogP contribution in [0.4, 0.5) is 0 Å². The Balaban J connectivity index is 3.14. The largest absolute Gasteiger partial charge is 0.381 e. The first-order valence-electron chi connectivity index (χ1n) is 6.80. The van der Waals surface area contributed by atoms with E-state index in [-0.39, 0.29) is 0 Å². The van der Waals surface area contributed by atoms with Crippen molar-refractivity contribution in [3.63, 3.8) is 0 Å². The first-order chi connectivity index (χ1) is 7.66. The van der Waals surface area contributed by atoms with E-state index in [4.69, 9.17) is 4.74 Å². The van der Waals surface area contributed by atoms with Crippen molar-refractivity contribution in [1.29, 1.82) is 0 Å². The third-order valence-electron chi connectivity index (χ3n) is 2.91. The normalized spacial score (nSPS) is 13.3. The molecule has 0 heterocycles. The molecule has 1 unspecified atom stereocenters. The molecule has 2 heteroatoms. The topological polar surface area (TPSA) is 9.23 Å². The molecule has 0 fully saturated rings. The summed E-state index contributed by atoms with van der Waals surface area (Å²) in [4.78, 5) is 0. The molecule has 1 nitrogen and oxygen atoms in total. The molecule has 1 atom stereocenters. The Hall–Kier alpha value is 0.440. The lowest BCUT2D eigenvalue weighted by Gasteiger charge is -2.12. The standard InChI is InChI=1S/C14H29BrO/c1-13(2)7-6-8-14(3)9-12-16-11-5-4-10-15/h13-14H,4-12H2,1-3H3. The second-order valence-electron chi connectivity index (χ2n) is 5.23. The number of ether oxygens (including phenoxy) is 1. The maximum absolute atomic E-state index is 5.61. The van der Waals surface area contributed by atoms with Gasteiger partial charge in [0.15, 0.2) is 0 Å². The van der Waals surface area contributed by atoms with E-state index in [0.29, 0.717) is 0 Å². The maximum Gasteiger partial charge on any atom is 0.0468 e. The summed E-state index contributed by atoms with van der Waals surface area (Å²) in [5.41, 5.74) is 0. The minimum Gasteiger partial charge on any atom is -0.381 e. The Kier molecular flexibility index (Phi) is 12.2. The minimum atomic E-state index is 0.829. The van der Waals surface area contributed by atoms with Crippen molar-refractivity contribution in [2.24, 2.45) is 11.8 Å². The van der Waals surface area contributed by atoms with Gasteiger partial charge in [0.25, 0.3) is 0 Å². The molecule has 0 spiro atoms. The van der Waals surface area contributed by atoms with Gasteiger partial charge in [-0.05, 0) is 31.1 Å². The number of halogens is 1. The summed E-state index contributed by atoms with van der Waals surface area (Å²) < 4.78 is 5.61. The van der Waals surface area contributed by atoms with Crippen LogP contribution in [0.2, 0.25) is 0 Å². The molecule has 0 aliphatic carbocycles. The van der Waals surface area contributed by atoms with Crippen LogP contribution in [-0.2, 0) is 4.74 Å². The zero-order chi connectivity index (χ0) is 12.2. The van der Waals surface area contributed by atoms with Crippen LogP contribution in [0.1, 0.15) is 59.3 Å². The monoisotopic (exact) mass is 292 g/mol. The maximum atomic E-state index is 5.61. The van der Waals surface area contributed by atoms with Crippen molar-refractivity contribution in [1.82, 2.24) is 0 Å². The highest BCUT2D eigenvalue weighted by Gasteiger charge is 2.03. The molecule has 0 aromatic rings. The van der Waals surface area contributed by atoms with Crippen LogP contribution >= 0.6 is 15.9 Å². The minimum absolute atomic E-state index is 0.829. The van der Waals surface area contributed by atoms with Gasteiger partial charge in [-0.1, -0.05) is 56.0 Å². The predicted molar refractivity (Wildman–Crippen MR) is 76.3 cm³/mol. The molecule has 0 radical (unpaired) electrons. The quantitative estimate of drug-likeness (QED) is 0.383. The lowest BCUT2D eigenvalue weighted by atomic mass is 9.98. The molecule has 0 rings (SSSR count). The van der Waals surface area contributed by atoms with E-state index >= 15 is 0 Å². The van der Waals surface area contributed by atoms with Gasteiger partial charge in [-0.25, -0.2) is 0 Å². The van der Waals surface area contributed by atoms with E-state index in [0.717, 1.165) is 30.4 Å². The Bertz CT molecular complexity index is 137. The van der Waals surface area contributed by atoms with E-state index in [9.17, 15) is 0 Å². The molecule has 0 aliphatic rings. The van der Waals surface area contributed by atoms with Gasteiger partial charge in [0.1, 0.15) is 0 Å². The molecule has 0 aromatic carbocycles. The van der Waals surface area contributed by atoms with E-state index in [1.54, 1.807) is 0 Å². The van der Waals surface area contributed by atoms with Gasteiger partial charge in [0, 0.05) is 18.5 Å². The Morgan fingerprint density at radius 3 is 2.25 bits per heavy atom. The van der Waals surface area contributed by atoms with Crippen molar-refractivity contribution in [3.8, 4) is 0 Å². The van der Waals surface area contributed by atoms with Crippen molar-refractivity contribution < 1.29 is 4.74 Å². The number of alkyl halides is 1. The third kappa shape index (κ3) is 12.5. The summed E-state index contributed by atoms with van der Waals surface area (Å²) in [7, 11) is 0. The predicted octanol–water partition coefficient (Wildman–Crippen LogP) is 5.03. The lowest BCUT2D eigenvalue weighted by molar-refractivity contribution is 0.118. The molecular formula is C14H29BrO. The van der Waals surface area contributed by atoms with Gasteiger partial charge in [-0.3, -0.25) is 0 Å². The zero-order valence-corrected chi connectivity index (χ0v) is 12.9.